The van der Waals surface area contributed by atoms with Gasteiger partial charge in [0.05, 0.1) is 5.02 Å². The molecule has 0 saturated carbocycles. The van der Waals surface area contributed by atoms with E-state index in [-0.39, 0.29) is 17.4 Å². The summed E-state index contributed by atoms with van der Waals surface area (Å²) in [4.78, 5) is 0. The zero-order valence-corrected chi connectivity index (χ0v) is 10.8. The van der Waals surface area contributed by atoms with Gasteiger partial charge >= 0.3 is 0 Å². The predicted octanol–water partition coefficient (Wildman–Crippen LogP) is 2.98. The quantitative estimate of drug-likeness (QED) is 0.738. The lowest BCUT2D eigenvalue weighted by Crippen LogP contribution is -2.16. The van der Waals surface area contributed by atoms with Gasteiger partial charge in [0.25, 0.3) is 0 Å². The first-order valence-corrected chi connectivity index (χ1v) is 6.27. The Morgan fingerprint density at radius 3 is 2.94 bits per heavy atom. The molecule has 0 radical (unpaired) electrons. The smallest absolute Gasteiger partial charge is 0.146 e. The topological polar surface area (TPSA) is 32.3 Å². The molecule has 1 atom stereocenters. The van der Waals surface area contributed by atoms with Crippen LogP contribution in [-0.4, -0.2) is 18.3 Å². The molecule has 1 unspecified atom stereocenters. The third kappa shape index (κ3) is 5.02. The van der Waals surface area contributed by atoms with E-state index in [4.69, 9.17) is 16.7 Å². The summed E-state index contributed by atoms with van der Waals surface area (Å²) >= 11 is 5.68. The highest BCUT2D eigenvalue weighted by atomic mass is 35.5. The molecule has 1 rings (SSSR count). The first-order valence-electron chi connectivity index (χ1n) is 5.89. The summed E-state index contributed by atoms with van der Waals surface area (Å²) in [6, 6.07) is 5.02. The lowest BCUT2D eigenvalue weighted by atomic mass is 10.1. The van der Waals surface area contributed by atoms with Crippen LogP contribution < -0.4 is 5.32 Å². The molecular weight excluding hydrogens is 241 g/mol. The Bertz CT molecular complexity index is 346. The van der Waals surface area contributed by atoms with Gasteiger partial charge in [-0.25, -0.2) is 4.39 Å². The van der Waals surface area contributed by atoms with E-state index in [0.717, 1.165) is 19.4 Å². The van der Waals surface area contributed by atoms with Crippen LogP contribution in [-0.2, 0) is 6.54 Å². The van der Waals surface area contributed by atoms with Gasteiger partial charge in [0.2, 0.25) is 0 Å². The highest BCUT2D eigenvalue weighted by molar-refractivity contribution is 6.30. The van der Waals surface area contributed by atoms with E-state index < -0.39 is 0 Å². The minimum Gasteiger partial charge on any atom is -0.396 e. The minimum atomic E-state index is -0.342. The first-order chi connectivity index (χ1) is 8.15. The average molecular weight is 260 g/mol. The fraction of sp³-hybridized carbons (Fsp3) is 0.538. The molecule has 0 spiro atoms. The van der Waals surface area contributed by atoms with Gasteiger partial charge in [-0.2, -0.15) is 0 Å². The van der Waals surface area contributed by atoms with Crippen LogP contribution in [0.15, 0.2) is 18.2 Å². The second kappa shape index (κ2) is 7.64. The van der Waals surface area contributed by atoms with Crippen molar-refractivity contribution in [2.45, 2.75) is 26.3 Å². The van der Waals surface area contributed by atoms with Gasteiger partial charge < -0.3 is 10.4 Å². The second-order valence-electron chi connectivity index (χ2n) is 4.32. The molecule has 4 heteroatoms. The number of aliphatic hydroxyl groups is 1. The Balaban J connectivity index is 2.25. The molecule has 0 aromatic heterocycles. The number of hydrogen-bond acceptors (Lipinski definition) is 2. The molecule has 96 valence electrons. The van der Waals surface area contributed by atoms with Crippen molar-refractivity contribution in [3.63, 3.8) is 0 Å². The Hall–Kier alpha value is -0.640. The molecule has 0 heterocycles. The second-order valence-corrected chi connectivity index (χ2v) is 4.73. The summed E-state index contributed by atoms with van der Waals surface area (Å²) in [7, 11) is 0. The first kappa shape index (κ1) is 14.4. The maximum Gasteiger partial charge on any atom is 0.146 e. The van der Waals surface area contributed by atoms with Crippen LogP contribution in [0.2, 0.25) is 5.02 Å². The summed E-state index contributed by atoms with van der Waals surface area (Å²) in [5, 5.41) is 12.2. The highest BCUT2D eigenvalue weighted by Gasteiger charge is 2.05. The van der Waals surface area contributed by atoms with Crippen LogP contribution in [0, 0.1) is 11.7 Å². The predicted molar refractivity (Wildman–Crippen MR) is 68.6 cm³/mol. The van der Waals surface area contributed by atoms with Crippen LogP contribution in [0.1, 0.15) is 25.3 Å². The Labute approximate surface area is 107 Å². The van der Waals surface area contributed by atoms with Crippen LogP contribution in [0.5, 0.6) is 0 Å². The molecule has 2 nitrogen and oxygen atoms in total. The molecule has 0 amide bonds. The number of rotatable bonds is 7. The molecule has 17 heavy (non-hydrogen) atoms. The van der Waals surface area contributed by atoms with Crippen molar-refractivity contribution in [3.05, 3.63) is 34.6 Å². The van der Waals surface area contributed by atoms with Crippen molar-refractivity contribution in [2.24, 2.45) is 5.92 Å². The SMILES string of the molecule is CC(CO)CCCNCc1cccc(Cl)c1F. The summed E-state index contributed by atoms with van der Waals surface area (Å²) in [6.45, 7) is 3.54. The van der Waals surface area contributed by atoms with Crippen LogP contribution in [0.3, 0.4) is 0 Å². The van der Waals surface area contributed by atoms with Gasteiger partial charge in [-0.3, -0.25) is 0 Å². The van der Waals surface area contributed by atoms with Crippen molar-refractivity contribution >= 4 is 11.6 Å². The fourth-order valence-corrected chi connectivity index (χ4v) is 1.77. The number of benzene rings is 1. The molecule has 0 bridgehead atoms. The van der Waals surface area contributed by atoms with E-state index in [1.165, 1.54) is 0 Å². The molecule has 0 aliphatic heterocycles. The molecular formula is C13H19ClFNO. The zero-order valence-electron chi connectivity index (χ0n) is 10.0. The van der Waals surface area contributed by atoms with Crippen molar-refractivity contribution in [1.29, 1.82) is 0 Å². The van der Waals surface area contributed by atoms with Gasteiger partial charge in [-0.05, 0) is 31.4 Å². The van der Waals surface area contributed by atoms with E-state index in [2.05, 4.69) is 5.32 Å². The number of nitrogens with one attached hydrogen (secondary N) is 1. The van der Waals surface area contributed by atoms with Crippen molar-refractivity contribution in [3.8, 4) is 0 Å². The maximum atomic E-state index is 13.5. The molecule has 0 aliphatic rings. The summed E-state index contributed by atoms with van der Waals surface area (Å²) < 4.78 is 13.5. The Morgan fingerprint density at radius 2 is 2.24 bits per heavy atom. The van der Waals surface area contributed by atoms with E-state index in [9.17, 15) is 4.39 Å². The molecule has 2 N–H and O–H groups in total. The molecule has 1 aromatic carbocycles. The molecule has 0 aliphatic carbocycles. The van der Waals surface area contributed by atoms with Gasteiger partial charge in [-0.15, -0.1) is 0 Å². The van der Waals surface area contributed by atoms with Gasteiger partial charge in [0.15, 0.2) is 0 Å². The lowest BCUT2D eigenvalue weighted by molar-refractivity contribution is 0.228. The standard InChI is InChI=1S/C13H19ClFNO/c1-10(9-17)4-3-7-16-8-11-5-2-6-12(14)13(11)15/h2,5-6,10,16-17H,3-4,7-9H2,1H3. The van der Waals surface area contributed by atoms with Crippen LogP contribution in [0.4, 0.5) is 4.39 Å². The third-order valence-electron chi connectivity index (χ3n) is 2.71. The number of halogens is 2. The number of aliphatic hydroxyl groups excluding tert-OH is 1. The molecule has 0 saturated heterocycles. The Kier molecular flexibility index (Phi) is 6.48. The molecule has 1 aromatic rings. The van der Waals surface area contributed by atoms with Crippen molar-refractivity contribution in [2.75, 3.05) is 13.2 Å². The van der Waals surface area contributed by atoms with Crippen molar-refractivity contribution in [1.82, 2.24) is 5.32 Å². The summed E-state index contributed by atoms with van der Waals surface area (Å²) in [5.41, 5.74) is 0.590. The molecule has 0 fully saturated rings. The summed E-state index contributed by atoms with van der Waals surface area (Å²) in [5.74, 6) is -0.00917. The normalized spacial score (nSPS) is 12.7. The van der Waals surface area contributed by atoms with E-state index in [0.29, 0.717) is 18.0 Å². The van der Waals surface area contributed by atoms with Crippen LogP contribution >= 0.6 is 11.6 Å². The van der Waals surface area contributed by atoms with E-state index in [1.54, 1.807) is 18.2 Å². The van der Waals surface area contributed by atoms with E-state index >= 15 is 0 Å². The average Bonchev–Trinajstić information content (AvgIpc) is 2.33. The van der Waals surface area contributed by atoms with E-state index in [1.807, 2.05) is 6.92 Å². The van der Waals surface area contributed by atoms with Gasteiger partial charge in [0.1, 0.15) is 5.82 Å². The number of hydrogen-bond donors (Lipinski definition) is 2. The van der Waals surface area contributed by atoms with Crippen molar-refractivity contribution < 1.29 is 9.50 Å². The van der Waals surface area contributed by atoms with Crippen LogP contribution in [0.25, 0.3) is 0 Å². The third-order valence-corrected chi connectivity index (χ3v) is 3.00. The summed E-state index contributed by atoms with van der Waals surface area (Å²) in [6.07, 6.45) is 1.95. The highest BCUT2D eigenvalue weighted by Crippen LogP contribution is 2.17. The largest absolute Gasteiger partial charge is 0.396 e. The van der Waals surface area contributed by atoms with Gasteiger partial charge in [0, 0.05) is 18.7 Å². The lowest BCUT2D eigenvalue weighted by Gasteiger charge is -2.09. The van der Waals surface area contributed by atoms with Gasteiger partial charge in [-0.1, -0.05) is 30.7 Å². The minimum absolute atomic E-state index is 0.165. The monoisotopic (exact) mass is 259 g/mol. The fourth-order valence-electron chi connectivity index (χ4n) is 1.57. The zero-order chi connectivity index (χ0) is 12.7. The maximum absolute atomic E-state index is 13.5. The Morgan fingerprint density at radius 1 is 1.47 bits per heavy atom.